The Labute approximate surface area is 490 Å². The summed E-state index contributed by atoms with van der Waals surface area (Å²) in [7, 11) is 5.96. The molecule has 26 nitrogen and oxygen atoms in total. The van der Waals surface area contributed by atoms with E-state index in [9.17, 15) is 53.2 Å². The SMILES string of the molecule is CC.CC.CC(=O)N(C)CC[C@H](NC(=O)C1(NC(=O)CCc2ccc3cc(O)ccc3c2)CCOCC1)C(=O)N[C@@H](CC(N)=O)C(=O)N[C@@H](Cc1cccnc1)C(=O)N(C)CC(=O)N(C)C.NCCOc1ccc(C[C@H](NN=O)C(N)=O)cc1. The molecule has 5 rings (SSSR count). The lowest BCUT2D eigenvalue weighted by atomic mass is 9.88. The first-order valence-electron chi connectivity index (χ1n) is 27.7. The molecule has 0 spiro atoms. The van der Waals surface area contributed by atoms with E-state index in [0.29, 0.717) is 30.9 Å². The van der Waals surface area contributed by atoms with Crippen LogP contribution in [0.1, 0.15) is 83.4 Å². The van der Waals surface area contributed by atoms with Crippen LogP contribution in [-0.4, -0.2) is 175 Å². The highest BCUT2D eigenvalue weighted by Crippen LogP contribution is 2.24. The molecule has 3 aromatic carbocycles. The minimum absolute atomic E-state index is 0.00603. The molecule has 460 valence electrons. The van der Waals surface area contributed by atoms with Crippen LogP contribution in [-0.2, 0) is 67.2 Å². The first kappa shape index (κ1) is 71.3. The van der Waals surface area contributed by atoms with Crippen molar-refractivity contribution in [2.24, 2.45) is 22.5 Å². The number of primary amides is 2. The highest BCUT2D eigenvalue weighted by molar-refractivity contribution is 5.99. The first-order valence-corrected chi connectivity index (χ1v) is 27.7. The topological polar surface area (TPSA) is 383 Å². The number of benzene rings is 3. The van der Waals surface area contributed by atoms with Gasteiger partial charge in [-0.05, 0) is 70.6 Å². The quantitative estimate of drug-likeness (QED) is 0.0286. The van der Waals surface area contributed by atoms with Gasteiger partial charge in [-0.2, -0.15) is 0 Å². The number of hydrogen-bond donors (Lipinski definition) is 9. The van der Waals surface area contributed by atoms with Crippen molar-refractivity contribution in [2.45, 2.75) is 116 Å². The Balaban J connectivity index is 0.000000921. The third kappa shape index (κ3) is 24.4. The molecule has 2 heterocycles. The smallest absolute Gasteiger partial charge is 0.246 e. The monoisotopic (exact) mass is 1170 g/mol. The average molecular weight is 1170 g/mol. The maximum Gasteiger partial charge on any atom is 0.246 e. The molecule has 4 aromatic rings. The van der Waals surface area contributed by atoms with E-state index in [1.165, 1.54) is 57.3 Å². The van der Waals surface area contributed by atoms with Crippen molar-refractivity contribution in [1.82, 2.24) is 46.4 Å². The maximum atomic E-state index is 14.3. The fraction of sp³-hybridized carbons (Fsp3) is 0.483. The molecule has 4 atom stereocenters. The number of amides is 9. The Kier molecular flexibility index (Phi) is 31.7. The number of phenolic OH excluding ortho intramolecular Hbond substituents is 1. The molecule has 26 heteroatoms. The van der Waals surface area contributed by atoms with E-state index in [2.05, 4.69) is 37.0 Å². The van der Waals surface area contributed by atoms with E-state index >= 15 is 0 Å². The highest BCUT2D eigenvalue weighted by Gasteiger charge is 2.43. The van der Waals surface area contributed by atoms with Gasteiger partial charge in [0.2, 0.25) is 53.2 Å². The molecule has 0 bridgehead atoms. The van der Waals surface area contributed by atoms with Crippen LogP contribution in [0.15, 0.2) is 90.5 Å². The molecular formula is C58H85N13O13. The Bertz CT molecular complexity index is 2780. The van der Waals surface area contributed by atoms with Crippen molar-refractivity contribution >= 4 is 63.9 Å². The first-order chi connectivity index (χ1) is 40.0. The third-order valence-electron chi connectivity index (χ3n) is 13.0. The fourth-order valence-corrected chi connectivity index (χ4v) is 8.21. The number of rotatable bonds is 28. The average Bonchev–Trinajstić information content (AvgIpc) is 3.67. The number of carbonyl (C=O) groups is 9. The third-order valence-corrected chi connectivity index (χ3v) is 13.0. The summed E-state index contributed by atoms with van der Waals surface area (Å²) < 4.78 is 10.8. The van der Waals surface area contributed by atoms with Crippen LogP contribution in [0.25, 0.3) is 10.8 Å². The summed E-state index contributed by atoms with van der Waals surface area (Å²) in [4.78, 5) is 135. The summed E-state index contributed by atoms with van der Waals surface area (Å²) in [5.41, 5.74) is 18.9. The minimum Gasteiger partial charge on any atom is -0.508 e. The van der Waals surface area contributed by atoms with Gasteiger partial charge in [-0.25, -0.2) is 0 Å². The van der Waals surface area contributed by atoms with Crippen molar-refractivity contribution in [2.75, 3.05) is 67.6 Å². The van der Waals surface area contributed by atoms with Gasteiger partial charge in [0.25, 0.3) is 0 Å². The molecule has 1 fully saturated rings. The van der Waals surface area contributed by atoms with Crippen LogP contribution >= 0.6 is 0 Å². The molecule has 1 aliphatic rings. The molecule has 0 saturated carbocycles. The molecule has 0 unspecified atom stereocenters. The zero-order valence-corrected chi connectivity index (χ0v) is 49.6. The van der Waals surface area contributed by atoms with Crippen molar-refractivity contribution in [3.8, 4) is 11.5 Å². The number of nitrogens with one attached hydrogen (secondary N) is 5. The van der Waals surface area contributed by atoms with Crippen molar-refractivity contribution < 1.29 is 57.7 Å². The summed E-state index contributed by atoms with van der Waals surface area (Å²) in [6, 6.07) is 15.9. The molecule has 0 radical (unpaired) electrons. The summed E-state index contributed by atoms with van der Waals surface area (Å²) in [6.45, 7) is 10.2. The number of ether oxygens (including phenoxy) is 2. The van der Waals surface area contributed by atoms with E-state index in [0.717, 1.165) is 26.8 Å². The van der Waals surface area contributed by atoms with Gasteiger partial charge in [0.1, 0.15) is 47.8 Å². The van der Waals surface area contributed by atoms with E-state index in [-0.39, 0.29) is 82.4 Å². The normalized spacial score (nSPS) is 13.4. The van der Waals surface area contributed by atoms with Gasteiger partial charge in [-0.3, -0.25) is 53.6 Å². The van der Waals surface area contributed by atoms with Gasteiger partial charge in [0.15, 0.2) is 0 Å². The lowest BCUT2D eigenvalue weighted by Crippen LogP contribution is -2.64. The number of hydrogen-bond acceptors (Lipinski definition) is 16. The number of fused-ring (bicyclic) bond motifs is 1. The lowest BCUT2D eigenvalue weighted by Gasteiger charge is -2.37. The minimum atomic E-state index is -1.62. The lowest BCUT2D eigenvalue weighted by molar-refractivity contribution is -0.141. The maximum absolute atomic E-state index is 14.3. The van der Waals surface area contributed by atoms with E-state index in [4.69, 9.17) is 26.7 Å². The van der Waals surface area contributed by atoms with Gasteiger partial charge < -0.3 is 67.7 Å². The van der Waals surface area contributed by atoms with Gasteiger partial charge in [-0.1, -0.05) is 70.2 Å². The molecule has 9 amide bonds. The summed E-state index contributed by atoms with van der Waals surface area (Å²) in [5, 5.41) is 24.7. The number of nitroso groups, excluding NO2 is 1. The van der Waals surface area contributed by atoms with Crippen LogP contribution in [0.3, 0.4) is 0 Å². The predicted molar refractivity (Wildman–Crippen MR) is 316 cm³/mol. The van der Waals surface area contributed by atoms with Crippen molar-refractivity contribution in [1.29, 1.82) is 0 Å². The Morgan fingerprint density at radius 1 is 0.762 bits per heavy atom. The van der Waals surface area contributed by atoms with Gasteiger partial charge in [0, 0.05) is 106 Å². The van der Waals surface area contributed by atoms with Crippen molar-refractivity contribution in [3.63, 3.8) is 0 Å². The molecule has 1 aromatic heterocycles. The summed E-state index contributed by atoms with van der Waals surface area (Å²) in [5.74, 6) is -5.05. The molecule has 1 saturated heterocycles. The zero-order chi connectivity index (χ0) is 62.9. The second kappa shape index (κ2) is 37.3. The number of aromatic hydroxyl groups is 1. The number of likely N-dealkylation sites (N-methyl/N-ethyl adjacent to an activating group) is 2. The van der Waals surface area contributed by atoms with Crippen molar-refractivity contribution in [3.05, 3.63) is 107 Å². The summed E-state index contributed by atoms with van der Waals surface area (Å²) in [6.07, 6.45) is 2.98. The second-order valence-corrected chi connectivity index (χ2v) is 19.4. The van der Waals surface area contributed by atoms with E-state index < -0.39 is 77.5 Å². The van der Waals surface area contributed by atoms with Crippen LogP contribution < -0.4 is 48.6 Å². The van der Waals surface area contributed by atoms with Crippen LogP contribution in [0, 0.1) is 4.91 Å². The number of aryl methyl sites for hydroxylation is 1. The number of carbonyl (C=O) groups excluding carboxylic acids is 9. The molecule has 84 heavy (non-hydrogen) atoms. The Morgan fingerprint density at radius 3 is 1.95 bits per heavy atom. The number of phenols is 1. The highest BCUT2D eigenvalue weighted by atomic mass is 16.5. The number of pyridine rings is 1. The van der Waals surface area contributed by atoms with Gasteiger partial charge >= 0.3 is 0 Å². The van der Waals surface area contributed by atoms with Crippen LogP contribution in [0.5, 0.6) is 11.5 Å². The Morgan fingerprint density at radius 2 is 1.37 bits per heavy atom. The second-order valence-electron chi connectivity index (χ2n) is 19.4. The standard InChI is InChI=1S/C43H57N9O10.C11H16N4O3.2C2H6/c1-27(53)51(4)18-14-33(48-42(61)43(15-19-62-20-16-43)49-37(56)13-9-28-8-10-31-23-32(54)12-11-30(31)21-28)39(58)46-34(24-36(44)55)40(59)47-35(22-29-7-6-17-45-25-29)41(60)52(5)26-38(57)50(2)3;12-5-6-18-9-3-1-8(2-4-9)7-10(11(13)16)14-15-17;2*1-2/h6-8,10-12,17,21,23,25,33-35,54H,9,13-16,18-20,22,24,26H2,1-5H3,(H2,44,55)(H,46,58)(H,47,59)(H,48,61)(H,49,56);1-4,10H,5-7,12H2,(H2,13,16)(H,14,17);2*1-2H3/t33-,34-,35-;10-;;/m00../s1. The van der Waals surface area contributed by atoms with E-state index in [1.54, 1.807) is 54.6 Å². The largest absolute Gasteiger partial charge is 0.508 e. The fourth-order valence-electron chi connectivity index (χ4n) is 8.21. The van der Waals surface area contributed by atoms with Crippen LogP contribution in [0.2, 0.25) is 0 Å². The molecule has 1 aliphatic heterocycles. The summed E-state index contributed by atoms with van der Waals surface area (Å²) >= 11 is 0. The molecule has 12 N–H and O–H groups in total. The molecule has 0 aliphatic carbocycles. The molecular weight excluding hydrogens is 1090 g/mol. The Hall–Kier alpha value is -8.78. The van der Waals surface area contributed by atoms with Gasteiger partial charge in [0.05, 0.1) is 18.3 Å². The zero-order valence-electron chi connectivity index (χ0n) is 49.6. The van der Waals surface area contributed by atoms with Crippen LogP contribution in [0.4, 0.5) is 0 Å². The number of aromatic nitrogens is 1. The van der Waals surface area contributed by atoms with E-state index in [1.807, 2.05) is 45.9 Å². The predicted octanol–water partition coefficient (Wildman–Crippen LogP) is 1.27. The van der Waals surface area contributed by atoms with Gasteiger partial charge in [-0.15, -0.1) is 4.91 Å². The number of nitrogens with zero attached hydrogens (tertiary/aromatic N) is 5. The number of nitrogens with two attached hydrogens (primary N) is 3.